The number of amides is 2. The molecular formula is C13H23FN2O2. The van der Waals surface area contributed by atoms with Crippen LogP contribution < -0.4 is 5.32 Å². The molecule has 104 valence electrons. The van der Waals surface area contributed by atoms with Crippen LogP contribution in [-0.2, 0) is 9.59 Å². The minimum atomic E-state index is -0.514. The minimum Gasteiger partial charge on any atom is -0.342 e. The Morgan fingerprint density at radius 1 is 1.33 bits per heavy atom. The molecule has 1 saturated heterocycles. The van der Waals surface area contributed by atoms with Gasteiger partial charge in [0.1, 0.15) is 12.1 Å². The molecule has 0 aromatic carbocycles. The summed E-state index contributed by atoms with van der Waals surface area (Å²) in [5.74, 6) is -0.224. The van der Waals surface area contributed by atoms with E-state index in [9.17, 15) is 14.0 Å². The lowest BCUT2D eigenvalue weighted by Gasteiger charge is -2.44. The number of hydrogen-bond donors (Lipinski definition) is 1. The fourth-order valence-corrected chi connectivity index (χ4v) is 2.39. The molecule has 1 fully saturated rings. The number of nitrogens with zero attached hydrogens (tertiary/aromatic N) is 1. The van der Waals surface area contributed by atoms with Gasteiger partial charge in [-0.3, -0.25) is 14.0 Å². The maximum Gasteiger partial charge on any atom is 0.245 e. The van der Waals surface area contributed by atoms with Crippen molar-refractivity contribution in [2.75, 3.05) is 13.2 Å². The Hall–Kier alpha value is -1.13. The van der Waals surface area contributed by atoms with E-state index in [-0.39, 0.29) is 23.7 Å². The Bertz CT molecular complexity index is 325. The molecule has 0 bridgehead atoms. The Kier molecular flexibility index (Phi) is 4.71. The van der Waals surface area contributed by atoms with Gasteiger partial charge in [0.25, 0.3) is 0 Å². The molecule has 2 atom stereocenters. The second-order valence-corrected chi connectivity index (χ2v) is 5.81. The molecule has 18 heavy (non-hydrogen) atoms. The highest BCUT2D eigenvalue weighted by Gasteiger charge is 2.45. The summed E-state index contributed by atoms with van der Waals surface area (Å²) in [5, 5.41) is 2.75. The van der Waals surface area contributed by atoms with Crippen LogP contribution in [0.2, 0.25) is 0 Å². The normalized spacial score (nSPS) is 25.3. The topological polar surface area (TPSA) is 49.4 Å². The third-order valence-corrected chi connectivity index (χ3v) is 3.22. The first-order valence-corrected chi connectivity index (χ1v) is 6.49. The van der Waals surface area contributed by atoms with Crippen molar-refractivity contribution in [1.29, 1.82) is 0 Å². The Morgan fingerprint density at radius 2 is 1.94 bits per heavy atom. The molecule has 0 aliphatic carbocycles. The van der Waals surface area contributed by atoms with Crippen LogP contribution in [0.25, 0.3) is 0 Å². The number of rotatable bonds is 4. The van der Waals surface area contributed by atoms with Gasteiger partial charge in [-0.15, -0.1) is 0 Å². The zero-order valence-electron chi connectivity index (χ0n) is 11.6. The molecule has 0 aromatic heterocycles. The zero-order valence-corrected chi connectivity index (χ0v) is 11.6. The molecule has 1 aliphatic rings. The highest BCUT2D eigenvalue weighted by atomic mass is 19.1. The molecule has 1 rings (SSSR count). The Morgan fingerprint density at radius 3 is 2.39 bits per heavy atom. The van der Waals surface area contributed by atoms with Crippen molar-refractivity contribution in [3.8, 4) is 0 Å². The summed E-state index contributed by atoms with van der Waals surface area (Å²) in [7, 11) is 0. The van der Waals surface area contributed by atoms with Gasteiger partial charge in [-0.05, 0) is 18.3 Å². The third-order valence-electron chi connectivity index (χ3n) is 3.22. The highest BCUT2D eigenvalue weighted by Crippen LogP contribution is 2.28. The molecule has 1 aliphatic heterocycles. The molecule has 2 unspecified atom stereocenters. The van der Waals surface area contributed by atoms with Gasteiger partial charge in [-0.1, -0.05) is 27.7 Å². The van der Waals surface area contributed by atoms with Crippen LogP contribution in [-0.4, -0.2) is 42.0 Å². The first-order chi connectivity index (χ1) is 8.32. The van der Waals surface area contributed by atoms with Crippen molar-refractivity contribution >= 4 is 11.8 Å². The van der Waals surface area contributed by atoms with E-state index in [0.29, 0.717) is 13.0 Å². The number of piperazine rings is 1. The van der Waals surface area contributed by atoms with E-state index < -0.39 is 18.8 Å². The molecule has 4 nitrogen and oxygen atoms in total. The van der Waals surface area contributed by atoms with Gasteiger partial charge >= 0.3 is 0 Å². The number of carbonyl (C=O) groups excluding carboxylic acids is 2. The largest absolute Gasteiger partial charge is 0.342 e. The third kappa shape index (κ3) is 3.00. The number of carbonyl (C=O) groups is 2. The second-order valence-electron chi connectivity index (χ2n) is 5.81. The quantitative estimate of drug-likeness (QED) is 0.830. The summed E-state index contributed by atoms with van der Waals surface area (Å²) < 4.78 is 12.3. The van der Waals surface area contributed by atoms with Crippen molar-refractivity contribution in [3.63, 3.8) is 0 Å². The zero-order chi connectivity index (χ0) is 13.9. The molecule has 2 amide bonds. The van der Waals surface area contributed by atoms with E-state index in [0.717, 1.165) is 0 Å². The second kappa shape index (κ2) is 5.67. The molecule has 1 N–H and O–H groups in total. The van der Waals surface area contributed by atoms with Gasteiger partial charge in [-0.2, -0.15) is 0 Å². The standard InChI is InChI=1S/C13H23FN2O2/c1-5-9-12(18)16(8-6-7-14)10(11(17)15-9)13(2,3)4/h9-10H,5-8H2,1-4H3,(H,15,17). The van der Waals surface area contributed by atoms with Crippen LogP contribution in [0.4, 0.5) is 4.39 Å². The van der Waals surface area contributed by atoms with E-state index in [1.165, 1.54) is 0 Å². The van der Waals surface area contributed by atoms with Crippen LogP contribution in [0.5, 0.6) is 0 Å². The Labute approximate surface area is 108 Å². The van der Waals surface area contributed by atoms with Gasteiger partial charge in [0.05, 0.1) is 6.67 Å². The monoisotopic (exact) mass is 258 g/mol. The van der Waals surface area contributed by atoms with E-state index in [1.54, 1.807) is 4.90 Å². The first kappa shape index (κ1) is 14.9. The smallest absolute Gasteiger partial charge is 0.245 e. The summed E-state index contributed by atoms with van der Waals surface area (Å²) in [4.78, 5) is 25.9. The predicted octanol–water partition coefficient (Wildman–Crippen LogP) is 1.50. The Balaban J connectivity index is 2.98. The molecule has 0 spiro atoms. The lowest BCUT2D eigenvalue weighted by atomic mass is 9.83. The fraction of sp³-hybridized carbons (Fsp3) is 0.846. The van der Waals surface area contributed by atoms with Gasteiger partial charge in [0.2, 0.25) is 11.8 Å². The molecule has 0 saturated carbocycles. The first-order valence-electron chi connectivity index (χ1n) is 6.49. The molecule has 0 radical (unpaired) electrons. The van der Waals surface area contributed by atoms with E-state index in [4.69, 9.17) is 0 Å². The van der Waals surface area contributed by atoms with Gasteiger partial charge < -0.3 is 10.2 Å². The summed E-state index contributed by atoms with van der Waals surface area (Å²) in [5.41, 5.74) is -0.352. The number of hydrogen-bond acceptors (Lipinski definition) is 2. The maximum absolute atomic E-state index is 12.3. The van der Waals surface area contributed by atoms with Crippen molar-refractivity contribution in [3.05, 3.63) is 0 Å². The number of alkyl halides is 1. The van der Waals surface area contributed by atoms with Crippen molar-refractivity contribution in [2.24, 2.45) is 5.41 Å². The van der Waals surface area contributed by atoms with Crippen LogP contribution in [0, 0.1) is 5.41 Å². The number of halogens is 1. The van der Waals surface area contributed by atoms with Crippen molar-refractivity contribution in [2.45, 2.75) is 52.6 Å². The minimum absolute atomic E-state index is 0.0922. The molecule has 5 heteroatoms. The lowest BCUT2D eigenvalue weighted by molar-refractivity contribution is -0.154. The van der Waals surface area contributed by atoms with Crippen molar-refractivity contribution < 1.29 is 14.0 Å². The maximum atomic E-state index is 12.3. The average molecular weight is 258 g/mol. The summed E-state index contributed by atoms with van der Waals surface area (Å²) in [6.07, 6.45) is 0.843. The fourth-order valence-electron chi connectivity index (χ4n) is 2.39. The molecule has 0 aromatic rings. The van der Waals surface area contributed by atoms with Gasteiger partial charge in [-0.25, -0.2) is 0 Å². The van der Waals surface area contributed by atoms with Gasteiger partial charge in [0.15, 0.2) is 0 Å². The number of nitrogens with one attached hydrogen (secondary N) is 1. The van der Waals surface area contributed by atoms with Crippen molar-refractivity contribution in [1.82, 2.24) is 10.2 Å². The van der Waals surface area contributed by atoms with E-state index in [1.807, 2.05) is 27.7 Å². The van der Waals surface area contributed by atoms with E-state index in [2.05, 4.69) is 5.32 Å². The highest BCUT2D eigenvalue weighted by molar-refractivity contribution is 5.97. The van der Waals surface area contributed by atoms with Crippen LogP contribution in [0.15, 0.2) is 0 Å². The average Bonchev–Trinajstić information content (AvgIpc) is 2.27. The SMILES string of the molecule is CCC1NC(=O)C(C(C)(C)C)N(CCCF)C1=O. The van der Waals surface area contributed by atoms with E-state index >= 15 is 0 Å². The summed E-state index contributed by atoms with van der Waals surface area (Å²) in [6.45, 7) is 7.44. The van der Waals surface area contributed by atoms with Gasteiger partial charge in [0, 0.05) is 6.54 Å². The summed E-state index contributed by atoms with van der Waals surface area (Å²) in [6, 6.07) is -0.977. The summed E-state index contributed by atoms with van der Waals surface area (Å²) >= 11 is 0. The predicted molar refractivity (Wildman–Crippen MR) is 67.8 cm³/mol. The van der Waals surface area contributed by atoms with Crippen LogP contribution >= 0.6 is 0 Å². The van der Waals surface area contributed by atoms with Crippen LogP contribution in [0.1, 0.15) is 40.5 Å². The molecule has 1 heterocycles. The lowest BCUT2D eigenvalue weighted by Crippen LogP contribution is -2.66. The molecular weight excluding hydrogens is 235 g/mol. The van der Waals surface area contributed by atoms with Crippen LogP contribution in [0.3, 0.4) is 0 Å².